The van der Waals surface area contributed by atoms with Crippen LogP contribution in [0.5, 0.6) is 0 Å². The molecule has 0 atom stereocenters. The molecule has 3 rings (SSSR count). The molecule has 2 heterocycles. The van der Waals surface area contributed by atoms with Gasteiger partial charge >= 0.3 is 5.97 Å². The van der Waals surface area contributed by atoms with E-state index in [1.807, 2.05) is 0 Å². The highest BCUT2D eigenvalue weighted by atomic mass is 32.2. The molecule has 0 saturated carbocycles. The molecule has 0 aliphatic carbocycles. The Balaban J connectivity index is 2.07. The van der Waals surface area contributed by atoms with Crippen molar-refractivity contribution in [3.8, 4) is 0 Å². The SMILES string of the molecule is O=C(O)c1csc(S(=O)(=O)N2CCCc3ccc(F)cc32)c1. The van der Waals surface area contributed by atoms with Gasteiger partial charge in [0.2, 0.25) is 0 Å². The zero-order valence-electron chi connectivity index (χ0n) is 11.3. The number of halogens is 1. The first kappa shape index (κ1) is 15.0. The summed E-state index contributed by atoms with van der Waals surface area (Å²) in [5, 5.41) is 10.2. The molecule has 1 aliphatic rings. The lowest BCUT2D eigenvalue weighted by Crippen LogP contribution is -2.35. The number of benzene rings is 1. The van der Waals surface area contributed by atoms with Crippen LogP contribution in [0.15, 0.2) is 33.9 Å². The zero-order valence-corrected chi connectivity index (χ0v) is 13.0. The van der Waals surface area contributed by atoms with Gasteiger partial charge in [0.15, 0.2) is 0 Å². The number of hydrogen-bond acceptors (Lipinski definition) is 4. The third kappa shape index (κ3) is 2.48. The van der Waals surface area contributed by atoms with Gasteiger partial charge in [-0.05, 0) is 36.6 Å². The number of carboxylic acid groups (broad SMARTS) is 1. The molecule has 0 radical (unpaired) electrons. The van der Waals surface area contributed by atoms with Gasteiger partial charge in [-0.25, -0.2) is 17.6 Å². The predicted octanol–water partition coefficient (Wildman–Crippen LogP) is 2.73. The monoisotopic (exact) mass is 341 g/mol. The number of fused-ring (bicyclic) bond motifs is 1. The quantitative estimate of drug-likeness (QED) is 0.931. The Kier molecular flexibility index (Phi) is 3.65. The van der Waals surface area contributed by atoms with Crippen LogP contribution >= 0.6 is 11.3 Å². The topological polar surface area (TPSA) is 74.7 Å². The van der Waals surface area contributed by atoms with Gasteiger partial charge in [-0.15, -0.1) is 11.3 Å². The Morgan fingerprint density at radius 1 is 1.32 bits per heavy atom. The normalized spacial score (nSPS) is 14.7. The van der Waals surface area contributed by atoms with Crippen molar-refractivity contribution in [2.24, 2.45) is 0 Å². The number of hydrogen-bond donors (Lipinski definition) is 1. The molecule has 1 aromatic heterocycles. The van der Waals surface area contributed by atoms with Gasteiger partial charge in [-0.2, -0.15) is 0 Å². The molecular weight excluding hydrogens is 329 g/mol. The van der Waals surface area contributed by atoms with Gasteiger partial charge in [0.05, 0.1) is 11.3 Å². The summed E-state index contributed by atoms with van der Waals surface area (Å²) in [6.07, 6.45) is 1.32. The molecular formula is C14H12FNO4S2. The van der Waals surface area contributed by atoms with Crippen LogP contribution in [0.2, 0.25) is 0 Å². The van der Waals surface area contributed by atoms with Crippen LogP contribution in [-0.2, 0) is 16.4 Å². The molecule has 0 spiro atoms. The number of thiophene rings is 1. The first-order valence-electron chi connectivity index (χ1n) is 6.52. The highest BCUT2D eigenvalue weighted by Gasteiger charge is 2.31. The van der Waals surface area contributed by atoms with Crippen LogP contribution in [0.4, 0.5) is 10.1 Å². The Hall–Kier alpha value is -1.93. The van der Waals surface area contributed by atoms with Gasteiger partial charge in [-0.3, -0.25) is 4.31 Å². The highest BCUT2D eigenvalue weighted by molar-refractivity contribution is 7.94. The average molecular weight is 341 g/mol. The number of carboxylic acids is 1. The Morgan fingerprint density at radius 2 is 2.09 bits per heavy atom. The van der Waals surface area contributed by atoms with Crippen molar-refractivity contribution >= 4 is 33.0 Å². The van der Waals surface area contributed by atoms with Crippen molar-refractivity contribution in [1.29, 1.82) is 0 Å². The van der Waals surface area contributed by atoms with Gasteiger partial charge < -0.3 is 5.11 Å². The van der Waals surface area contributed by atoms with E-state index in [2.05, 4.69) is 0 Å². The molecule has 5 nitrogen and oxygen atoms in total. The van der Waals surface area contributed by atoms with Crippen LogP contribution < -0.4 is 4.31 Å². The van der Waals surface area contributed by atoms with Gasteiger partial charge in [0.25, 0.3) is 10.0 Å². The van der Waals surface area contributed by atoms with Crippen LogP contribution in [0.25, 0.3) is 0 Å². The van der Waals surface area contributed by atoms with E-state index < -0.39 is 21.8 Å². The summed E-state index contributed by atoms with van der Waals surface area (Å²) >= 11 is 0.853. The number of rotatable bonds is 3. The van der Waals surface area contributed by atoms with Crippen molar-refractivity contribution < 1.29 is 22.7 Å². The maximum atomic E-state index is 13.5. The first-order chi connectivity index (χ1) is 10.4. The minimum atomic E-state index is -3.88. The summed E-state index contributed by atoms with van der Waals surface area (Å²) in [7, 11) is -3.88. The highest BCUT2D eigenvalue weighted by Crippen LogP contribution is 2.34. The summed E-state index contributed by atoms with van der Waals surface area (Å²) in [6, 6.07) is 5.24. The van der Waals surface area contributed by atoms with E-state index in [4.69, 9.17) is 5.11 Å². The lowest BCUT2D eigenvalue weighted by atomic mass is 10.0. The second-order valence-corrected chi connectivity index (χ2v) is 7.91. The van der Waals surface area contributed by atoms with E-state index in [1.165, 1.54) is 17.5 Å². The maximum absolute atomic E-state index is 13.5. The van der Waals surface area contributed by atoms with Crippen molar-refractivity contribution in [3.63, 3.8) is 0 Å². The number of carbonyl (C=O) groups is 1. The van der Waals surface area contributed by atoms with Gasteiger partial charge in [-0.1, -0.05) is 6.07 Å². The molecule has 0 amide bonds. The van der Waals surface area contributed by atoms with Crippen molar-refractivity contribution in [2.75, 3.05) is 10.8 Å². The zero-order chi connectivity index (χ0) is 15.9. The third-order valence-corrected chi connectivity index (χ3v) is 6.72. The van der Waals surface area contributed by atoms with E-state index >= 15 is 0 Å². The average Bonchev–Trinajstić information content (AvgIpc) is 2.97. The Labute approximate surface area is 130 Å². The lowest BCUT2D eigenvalue weighted by Gasteiger charge is -2.29. The molecule has 0 unspecified atom stereocenters. The molecule has 2 aromatic rings. The summed E-state index contributed by atoms with van der Waals surface area (Å²) < 4.78 is 40.0. The van der Waals surface area contributed by atoms with Crippen LogP contribution in [0.3, 0.4) is 0 Å². The smallest absolute Gasteiger partial charge is 0.336 e. The van der Waals surface area contributed by atoms with Crippen molar-refractivity contribution in [1.82, 2.24) is 0 Å². The molecule has 1 aliphatic heterocycles. The second kappa shape index (κ2) is 5.36. The van der Waals surface area contributed by atoms with Crippen molar-refractivity contribution in [3.05, 3.63) is 46.6 Å². The Bertz CT molecular complexity index is 844. The Morgan fingerprint density at radius 3 is 2.77 bits per heavy atom. The fourth-order valence-electron chi connectivity index (χ4n) is 2.44. The fourth-order valence-corrected chi connectivity index (χ4v) is 5.24. The summed E-state index contributed by atoms with van der Waals surface area (Å²) in [4.78, 5) is 10.9. The number of nitrogens with zero attached hydrogens (tertiary/aromatic N) is 1. The van der Waals surface area contributed by atoms with Gasteiger partial charge in [0.1, 0.15) is 10.0 Å². The first-order valence-corrected chi connectivity index (χ1v) is 8.84. The largest absolute Gasteiger partial charge is 0.478 e. The molecule has 22 heavy (non-hydrogen) atoms. The van der Waals surface area contributed by atoms with Crippen LogP contribution in [0.1, 0.15) is 22.3 Å². The molecule has 0 saturated heterocycles. The number of aromatic carboxylic acids is 1. The van der Waals surface area contributed by atoms with Gasteiger partial charge in [0, 0.05) is 11.9 Å². The molecule has 0 fully saturated rings. The molecule has 1 aromatic carbocycles. The molecule has 116 valence electrons. The van der Waals surface area contributed by atoms with E-state index in [0.717, 1.165) is 27.3 Å². The van der Waals surface area contributed by atoms with E-state index in [0.29, 0.717) is 18.5 Å². The summed E-state index contributed by atoms with van der Waals surface area (Å²) in [5.74, 6) is -1.68. The lowest BCUT2D eigenvalue weighted by molar-refractivity contribution is 0.0697. The number of aryl methyl sites for hydroxylation is 1. The third-order valence-electron chi connectivity index (χ3n) is 3.49. The predicted molar refractivity (Wildman–Crippen MR) is 80.5 cm³/mol. The minimum absolute atomic E-state index is 0.0537. The molecule has 1 N–H and O–H groups in total. The van der Waals surface area contributed by atoms with E-state index in [9.17, 15) is 17.6 Å². The van der Waals surface area contributed by atoms with E-state index in [-0.39, 0.29) is 16.3 Å². The maximum Gasteiger partial charge on any atom is 0.336 e. The molecule has 8 heteroatoms. The summed E-state index contributed by atoms with van der Waals surface area (Å²) in [6.45, 7) is 0.249. The second-order valence-electron chi connectivity index (χ2n) is 4.91. The van der Waals surface area contributed by atoms with Crippen molar-refractivity contribution in [2.45, 2.75) is 17.1 Å². The summed E-state index contributed by atoms with van der Waals surface area (Å²) in [5.41, 5.74) is 1.03. The number of anilines is 1. The van der Waals surface area contributed by atoms with Crippen LogP contribution in [-0.4, -0.2) is 26.0 Å². The fraction of sp³-hybridized carbons (Fsp3) is 0.214. The number of sulfonamides is 1. The molecule has 0 bridgehead atoms. The van der Waals surface area contributed by atoms with Crippen LogP contribution in [0, 0.1) is 5.82 Å². The standard InChI is InChI=1S/C14H12FNO4S2/c15-11-4-3-9-2-1-5-16(12(9)7-11)22(19,20)13-6-10(8-21-13)14(17)18/h3-4,6-8H,1-2,5H2,(H,17,18). The minimum Gasteiger partial charge on any atom is -0.478 e. The van der Waals surface area contributed by atoms with E-state index in [1.54, 1.807) is 6.07 Å².